The van der Waals surface area contributed by atoms with E-state index in [1.807, 2.05) is 0 Å². The fourth-order valence-corrected chi connectivity index (χ4v) is 0.820. The van der Waals surface area contributed by atoms with Gasteiger partial charge in [-0.15, -0.1) is 0 Å². The molecule has 1 N–H and O–H groups in total. The molecule has 0 aliphatic rings. The standard InChI is InChI=1S/C8H8FNO2/c9-6-3-4-10-7(5-6)1-2-8(11)12/h3-5H,1-2H2,(H,11,12). The van der Waals surface area contributed by atoms with E-state index in [1.54, 1.807) is 0 Å². The number of hydrogen-bond acceptors (Lipinski definition) is 2. The lowest BCUT2D eigenvalue weighted by atomic mass is 10.2. The largest absolute Gasteiger partial charge is 0.481 e. The Morgan fingerprint density at radius 2 is 2.42 bits per heavy atom. The van der Waals surface area contributed by atoms with Crippen LogP contribution in [0.3, 0.4) is 0 Å². The lowest BCUT2D eigenvalue weighted by molar-refractivity contribution is -0.136. The van der Waals surface area contributed by atoms with Crippen molar-refractivity contribution >= 4 is 5.97 Å². The van der Waals surface area contributed by atoms with E-state index in [-0.39, 0.29) is 18.7 Å². The fourth-order valence-electron chi connectivity index (χ4n) is 0.820. The van der Waals surface area contributed by atoms with Gasteiger partial charge in [-0.2, -0.15) is 0 Å². The second kappa shape index (κ2) is 3.80. The van der Waals surface area contributed by atoms with Crippen LogP contribution < -0.4 is 0 Å². The molecule has 0 unspecified atom stereocenters. The molecular weight excluding hydrogens is 161 g/mol. The van der Waals surface area contributed by atoms with Gasteiger partial charge in [0.1, 0.15) is 5.82 Å². The van der Waals surface area contributed by atoms with Crippen molar-refractivity contribution in [2.45, 2.75) is 12.8 Å². The molecule has 0 amide bonds. The molecule has 0 saturated heterocycles. The average molecular weight is 169 g/mol. The van der Waals surface area contributed by atoms with Crippen molar-refractivity contribution in [2.75, 3.05) is 0 Å². The predicted octanol–water partition coefficient (Wildman–Crippen LogP) is 1.24. The summed E-state index contributed by atoms with van der Waals surface area (Å²) in [5.74, 6) is -1.29. The van der Waals surface area contributed by atoms with Gasteiger partial charge >= 0.3 is 5.97 Å². The minimum Gasteiger partial charge on any atom is -0.481 e. The number of aryl methyl sites for hydroxylation is 1. The average Bonchev–Trinajstić information content (AvgIpc) is 2.01. The van der Waals surface area contributed by atoms with E-state index >= 15 is 0 Å². The molecule has 0 aromatic carbocycles. The van der Waals surface area contributed by atoms with E-state index in [9.17, 15) is 9.18 Å². The lowest BCUT2D eigenvalue weighted by Gasteiger charge is -1.96. The molecule has 1 aromatic heterocycles. The van der Waals surface area contributed by atoms with E-state index in [0.29, 0.717) is 5.69 Å². The van der Waals surface area contributed by atoms with Gasteiger partial charge in [0, 0.05) is 18.3 Å². The maximum atomic E-state index is 12.5. The third-order valence-electron chi connectivity index (χ3n) is 1.37. The second-order valence-corrected chi connectivity index (χ2v) is 2.36. The molecule has 3 nitrogen and oxygen atoms in total. The van der Waals surface area contributed by atoms with Gasteiger partial charge < -0.3 is 5.11 Å². The highest BCUT2D eigenvalue weighted by molar-refractivity contribution is 5.66. The third kappa shape index (κ3) is 2.65. The number of pyridine rings is 1. The number of carbonyl (C=O) groups is 1. The van der Waals surface area contributed by atoms with Crippen LogP contribution in [0.15, 0.2) is 18.3 Å². The minimum absolute atomic E-state index is 0.0174. The first-order valence-electron chi connectivity index (χ1n) is 3.50. The van der Waals surface area contributed by atoms with E-state index in [4.69, 9.17) is 5.11 Å². The quantitative estimate of drug-likeness (QED) is 0.740. The smallest absolute Gasteiger partial charge is 0.303 e. The minimum atomic E-state index is -0.902. The Bertz CT molecular complexity index is 288. The van der Waals surface area contributed by atoms with Crippen LogP contribution in [-0.4, -0.2) is 16.1 Å². The van der Waals surface area contributed by atoms with Crippen LogP contribution >= 0.6 is 0 Å². The normalized spacial score (nSPS) is 9.75. The first kappa shape index (κ1) is 8.64. The molecule has 0 spiro atoms. The molecule has 4 heteroatoms. The molecule has 0 aliphatic heterocycles. The molecule has 1 heterocycles. The molecule has 0 radical (unpaired) electrons. The van der Waals surface area contributed by atoms with Crippen molar-refractivity contribution < 1.29 is 14.3 Å². The highest BCUT2D eigenvalue weighted by Gasteiger charge is 2.00. The van der Waals surface area contributed by atoms with E-state index in [0.717, 1.165) is 0 Å². The topological polar surface area (TPSA) is 50.2 Å². The Morgan fingerprint density at radius 3 is 3.00 bits per heavy atom. The molecular formula is C8H8FNO2. The SMILES string of the molecule is O=C(O)CCc1cc(F)ccn1. The first-order chi connectivity index (χ1) is 5.68. The summed E-state index contributed by atoms with van der Waals surface area (Å²) in [7, 11) is 0. The number of nitrogens with zero attached hydrogens (tertiary/aromatic N) is 1. The molecule has 0 aliphatic carbocycles. The highest BCUT2D eigenvalue weighted by atomic mass is 19.1. The number of rotatable bonds is 3. The van der Waals surface area contributed by atoms with Crippen molar-refractivity contribution in [2.24, 2.45) is 0 Å². The van der Waals surface area contributed by atoms with Crippen molar-refractivity contribution in [1.82, 2.24) is 4.98 Å². The van der Waals surface area contributed by atoms with Crippen molar-refractivity contribution in [3.63, 3.8) is 0 Å². The maximum absolute atomic E-state index is 12.5. The number of hydrogen-bond donors (Lipinski definition) is 1. The Labute approximate surface area is 68.9 Å². The van der Waals surface area contributed by atoms with Crippen LogP contribution in [0.4, 0.5) is 4.39 Å². The summed E-state index contributed by atoms with van der Waals surface area (Å²) in [5.41, 5.74) is 0.470. The summed E-state index contributed by atoms with van der Waals surface area (Å²) in [4.78, 5) is 13.9. The number of aromatic nitrogens is 1. The molecule has 12 heavy (non-hydrogen) atoms. The van der Waals surface area contributed by atoms with Crippen LogP contribution in [-0.2, 0) is 11.2 Å². The van der Waals surface area contributed by atoms with Crippen LogP contribution in [0.2, 0.25) is 0 Å². The first-order valence-corrected chi connectivity index (χ1v) is 3.50. The number of aliphatic carboxylic acids is 1. The lowest BCUT2D eigenvalue weighted by Crippen LogP contribution is -1.99. The monoisotopic (exact) mass is 169 g/mol. The second-order valence-electron chi connectivity index (χ2n) is 2.36. The molecule has 1 aromatic rings. The zero-order chi connectivity index (χ0) is 8.97. The van der Waals surface area contributed by atoms with E-state index in [2.05, 4.69) is 4.98 Å². The molecule has 64 valence electrons. The van der Waals surface area contributed by atoms with Crippen LogP contribution in [0.1, 0.15) is 12.1 Å². The van der Waals surface area contributed by atoms with Gasteiger partial charge in [-0.3, -0.25) is 9.78 Å². The van der Waals surface area contributed by atoms with Gasteiger partial charge in [0.2, 0.25) is 0 Å². The summed E-state index contributed by atoms with van der Waals surface area (Å²) < 4.78 is 12.5. The summed E-state index contributed by atoms with van der Waals surface area (Å²) in [6.45, 7) is 0. The fraction of sp³-hybridized carbons (Fsp3) is 0.250. The predicted molar refractivity (Wildman–Crippen MR) is 40.2 cm³/mol. The Kier molecular flexibility index (Phi) is 2.74. The zero-order valence-corrected chi connectivity index (χ0v) is 6.33. The summed E-state index contributed by atoms with van der Waals surface area (Å²) in [5, 5.41) is 8.32. The third-order valence-corrected chi connectivity index (χ3v) is 1.37. The molecule has 0 bridgehead atoms. The van der Waals surface area contributed by atoms with Gasteiger partial charge in [0.05, 0.1) is 6.42 Å². The van der Waals surface area contributed by atoms with Crippen LogP contribution in [0.25, 0.3) is 0 Å². The number of carboxylic acid groups (broad SMARTS) is 1. The highest BCUT2D eigenvalue weighted by Crippen LogP contribution is 2.01. The van der Waals surface area contributed by atoms with Gasteiger partial charge in [-0.1, -0.05) is 0 Å². The molecule has 0 atom stereocenters. The summed E-state index contributed by atoms with van der Waals surface area (Å²) in [6.07, 6.45) is 1.58. The van der Waals surface area contributed by atoms with Gasteiger partial charge in [0.25, 0.3) is 0 Å². The van der Waals surface area contributed by atoms with Crippen molar-refractivity contribution in [1.29, 1.82) is 0 Å². The van der Waals surface area contributed by atoms with E-state index < -0.39 is 5.97 Å². The Balaban J connectivity index is 2.57. The molecule has 1 rings (SSSR count). The van der Waals surface area contributed by atoms with Crippen molar-refractivity contribution in [3.05, 3.63) is 29.8 Å². The van der Waals surface area contributed by atoms with E-state index in [1.165, 1.54) is 18.3 Å². The zero-order valence-electron chi connectivity index (χ0n) is 6.33. The van der Waals surface area contributed by atoms with Crippen molar-refractivity contribution in [3.8, 4) is 0 Å². The number of halogens is 1. The maximum Gasteiger partial charge on any atom is 0.303 e. The van der Waals surface area contributed by atoms with Crippen LogP contribution in [0, 0.1) is 5.82 Å². The molecule has 0 fully saturated rings. The Hall–Kier alpha value is -1.45. The summed E-state index contributed by atoms with van der Waals surface area (Å²) in [6, 6.07) is 2.47. The van der Waals surface area contributed by atoms with Gasteiger partial charge in [0.15, 0.2) is 0 Å². The summed E-state index contributed by atoms with van der Waals surface area (Å²) >= 11 is 0. The molecule has 0 saturated carbocycles. The van der Waals surface area contributed by atoms with Crippen LogP contribution in [0.5, 0.6) is 0 Å². The Morgan fingerprint density at radius 1 is 1.67 bits per heavy atom. The van der Waals surface area contributed by atoms with Gasteiger partial charge in [-0.25, -0.2) is 4.39 Å². The van der Waals surface area contributed by atoms with Gasteiger partial charge in [-0.05, 0) is 12.1 Å². The number of carboxylic acids is 1.